The molecule has 2 N–H and O–H groups in total. The maximum atomic E-state index is 6.37. The molecule has 1 saturated carbocycles. The van der Waals surface area contributed by atoms with E-state index in [-0.39, 0.29) is 0 Å². The van der Waals surface area contributed by atoms with E-state index in [0.717, 1.165) is 35.7 Å². The second kappa shape index (κ2) is 5.40. The summed E-state index contributed by atoms with van der Waals surface area (Å²) in [6.07, 6.45) is 6.82. The van der Waals surface area contributed by atoms with Crippen LogP contribution in [0, 0.1) is 5.92 Å². The van der Waals surface area contributed by atoms with Crippen molar-refractivity contribution in [2.45, 2.75) is 51.5 Å². The molecule has 1 aromatic heterocycles. The van der Waals surface area contributed by atoms with Crippen molar-refractivity contribution in [3.63, 3.8) is 0 Å². The minimum absolute atomic E-state index is 0.333. The van der Waals surface area contributed by atoms with Crippen molar-refractivity contribution in [3.05, 3.63) is 16.4 Å². The number of halogens is 1. The van der Waals surface area contributed by atoms with Gasteiger partial charge in [0.2, 0.25) is 0 Å². The Hall–Kier alpha value is -0.540. The van der Waals surface area contributed by atoms with Crippen molar-refractivity contribution in [2.24, 2.45) is 18.7 Å². The van der Waals surface area contributed by atoms with Crippen LogP contribution in [0.2, 0.25) is 5.02 Å². The van der Waals surface area contributed by atoms with Crippen molar-refractivity contribution >= 4 is 11.6 Å². The van der Waals surface area contributed by atoms with E-state index in [9.17, 15) is 0 Å². The van der Waals surface area contributed by atoms with E-state index in [1.54, 1.807) is 0 Å². The van der Waals surface area contributed by atoms with Crippen LogP contribution in [0.5, 0.6) is 0 Å². The fourth-order valence-electron chi connectivity index (χ4n) is 2.78. The molecule has 3 nitrogen and oxygen atoms in total. The normalized spacial score (nSPS) is 25.2. The fourth-order valence-corrected chi connectivity index (χ4v) is 3.15. The third-order valence-corrected chi connectivity index (χ3v) is 4.36. The molecular weight excluding hydrogens is 234 g/mol. The topological polar surface area (TPSA) is 43.8 Å². The molecule has 1 fully saturated rings. The lowest BCUT2D eigenvalue weighted by Gasteiger charge is -2.28. The smallest absolute Gasteiger partial charge is 0.0849 e. The predicted molar refractivity (Wildman–Crippen MR) is 71.2 cm³/mol. The van der Waals surface area contributed by atoms with Crippen molar-refractivity contribution in [1.82, 2.24) is 9.78 Å². The van der Waals surface area contributed by atoms with Gasteiger partial charge in [-0.3, -0.25) is 4.68 Å². The molecule has 1 aromatic rings. The second-order valence-electron chi connectivity index (χ2n) is 5.10. The molecule has 0 aromatic carbocycles. The van der Waals surface area contributed by atoms with Gasteiger partial charge >= 0.3 is 0 Å². The minimum atomic E-state index is 0.333. The predicted octanol–water partition coefficient (Wildman–Crippen LogP) is 2.70. The van der Waals surface area contributed by atoms with Gasteiger partial charge in [-0.25, -0.2) is 0 Å². The molecule has 0 bridgehead atoms. The van der Waals surface area contributed by atoms with Crippen LogP contribution in [-0.4, -0.2) is 15.8 Å². The monoisotopic (exact) mass is 255 g/mol. The Morgan fingerprint density at radius 3 is 2.71 bits per heavy atom. The Morgan fingerprint density at radius 1 is 1.41 bits per heavy atom. The molecule has 96 valence electrons. The standard InChI is InChI=1S/C13H22ClN3/c1-3-11-13(14)12(17(2)16-11)8-9-6-4-5-7-10(9)15/h9-10H,3-8,15H2,1-2H3. The number of aryl methyl sites for hydroxylation is 2. The molecule has 2 rings (SSSR count). The van der Waals surface area contributed by atoms with Crippen LogP contribution in [0.3, 0.4) is 0 Å². The number of nitrogens with two attached hydrogens (primary N) is 1. The quantitative estimate of drug-likeness (QED) is 0.903. The molecule has 1 heterocycles. The first-order valence-electron chi connectivity index (χ1n) is 6.59. The zero-order chi connectivity index (χ0) is 12.4. The number of rotatable bonds is 3. The summed E-state index contributed by atoms with van der Waals surface area (Å²) >= 11 is 6.37. The zero-order valence-corrected chi connectivity index (χ0v) is 11.5. The highest BCUT2D eigenvalue weighted by Crippen LogP contribution is 2.30. The maximum absolute atomic E-state index is 6.37. The van der Waals surface area contributed by atoms with Gasteiger partial charge in [-0.1, -0.05) is 31.4 Å². The van der Waals surface area contributed by atoms with Crippen molar-refractivity contribution in [2.75, 3.05) is 0 Å². The summed E-state index contributed by atoms with van der Waals surface area (Å²) in [7, 11) is 1.98. The molecule has 0 saturated heterocycles. The van der Waals surface area contributed by atoms with Gasteiger partial charge in [-0.2, -0.15) is 5.10 Å². The summed E-state index contributed by atoms with van der Waals surface area (Å²) in [5.74, 6) is 0.571. The molecule has 0 amide bonds. The Morgan fingerprint density at radius 2 is 2.12 bits per heavy atom. The zero-order valence-electron chi connectivity index (χ0n) is 10.7. The third kappa shape index (κ3) is 2.66. The van der Waals surface area contributed by atoms with E-state index >= 15 is 0 Å². The van der Waals surface area contributed by atoms with Gasteiger partial charge in [0.05, 0.1) is 16.4 Å². The van der Waals surface area contributed by atoms with Crippen LogP contribution >= 0.6 is 11.6 Å². The molecule has 0 radical (unpaired) electrons. The van der Waals surface area contributed by atoms with Gasteiger partial charge < -0.3 is 5.73 Å². The summed E-state index contributed by atoms with van der Waals surface area (Å²) in [4.78, 5) is 0. The highest BCUT2D eigenvalue weighted by molar-refractivity contribution is 6.31. The summed E-state index contributed by atoms with van der Waals surface area (Å²) in [6.45, 7) is 2.09. The third-order valence-electron chi connectivity index (χ3n) is 3.93. The number of aromatic nitrogens is 2. The average Bonchev–Trinajstić information content (AvgIpc) is 2.59. The van der Waals surface area contributed by atoms with Gasteiger partial charge in [0.15, 0.2) is 0 Å². The average molecular weight is 256 g/mol. The Labute approximate surface area is 108 Å². The van der Waals surface area contributed by atoms with Crippen molar-refractivity contribution in [3.8, 4) is 0 Å². The Balaban J connectivity index is 2.14. The van der Waals surface area contributed by atoms with Crippen LogP contribution in [0.1, 0.15) is 44.0 Å². The SMILES string of the molecule is CCc1nn(C)c(CC2CCCCC2N)c1Cl. The van der Waals surface area contributed by atoms with Gasteiger partial charge in [-0.15, -0.1) is 0 Å². The lowest BCUT2D eigenvalue weighted by Crippen LogP contribution is -2.34. The van der Waals surface area contributed by atoms with Crippen LogP contribution in [0.25, 0.3) is 0 Å². The second-order valence-corrected chi connectivity index (χ2v) is 5.48. The maximum Gasteiger partial charge on any atom is 0.0849 e. The van der Waals surface area contributed by atoms with E-state index in [2.05, 4.69) is 12.0 Å². The number of nitrogens with zero attached hydrogens (tertiary/aromatic N) is 2. The Kier molecular flexibility index (Phi) is 4.10. The van der Waals surface area contributed by atoms with E-state index < -0.39 is 0 Å². The summed E-state index contributed by atoms with van der Waals surface area (Å²) in [5, 5.41) is 5.32. The first kappa shape index (κ1) is 12.9. The summed E-state index contributed by atoms with van der Waals surface area (Å²) < 4.78 is 1.93. The van der Waals surface area contributed by atoms with Crippen LogP contribution < -0.4 is 5.73 Å². The van der Waals surface area contributed by atoms with Crippen LogP contribution in [0.15, 0.2) is 0 Å². The number of hydrogen-bond acceptors (Lipinski definition) is 2. The molecule has 2 unspecified atom stereocenters. The highest BCUT2D eigenvalue weighted by Gasteiger charge is 2.25. The molecular formula is C13H22ClN3. The van der Waals surface area contributed by atoms with Crippen molar-refractivity contribution in [1.29, 1.82) is 0 Å². The van der Waals surface area contributed by atoms with Gasteiger partial charge in [0.1, 0.15) is 0 Å². The summed E-state index contributed by atoms with van der Waals surface area (Å²) in [6, 6.07) is 0.333. The molecule has 4 heteroatoms. The van der Waals surface area contributed by atoms with E-state index in [0.29, 0.717) is 12.0 Å². The van der Waals surface area contributed by atoms with E-state index in [1.165, 1.54) is 19.3 Å². The number of hydrogen-bond donors (Lipinski definition) is 1. The summed E-state index contributed by atoms with van der Waals surface area (Å²) in [5.41, 5.74) is 8.36. The highest BCUT2D eigenvalue weighted by atomic mass is 35.5. The fraction of sp³-hybridized carbons (Fsp3) is 0.769. The minimum Gasteiger partial charge on any atom is -0.327 e. The molecule has 0 spiro atoms. The first-order valence-corrected chi connectivity index (χ1v) is 6.97. The molecule has 0 aliphatic heterocycles. The van der Waals surface area contributed by atoms with Crippen molar-refractivity contribution < 1.29 is 0 Å². The molecule has 17 heavy (non-hydrogen) atoms. The first-order chi connectivity index (χ1) is 8.13. The van der Waals surface area contributed by atoms with Gasteiger partial charge in [0.25, 0.3) is 0 Å². The largest absolute Gasteiger partial charge is 0.327 e. The van der Waals surface area contributed by atoms with E-state index in [1.807, 2.05) is 11.7 Å². The van der Waals surface area contributed by atoms with Crippen LogP contribution in [-0.2, 0) is 19.9 Å². The molecule has 1 aliphatic carbocycles. The molecule has 1 aliphatic rings. The lowest BCUT2D eigenvalue weighted by atomic mass is 9.82. The van der Waals surface area contributed by atoms with Crippen LogP contribution in [0.4, 0.5) is 0 Å². The Bertz CT molecular complexity index is 386. The van der Waals surface area contributed by atoms with E-state index in [4.69, 9.17) is 17.3 Å². The molecule has 2 atom stereocenters. The van der Waals surface area contributed by atoms with Gasteiger partial charge in [0, 0.05) is 13.1 Å². The lowest BCUT2D eigenvalue weighted by molar-refractivity contribution is 0.302. The van der Waals surface area contributed by atoms with Gasteiger partial charge in [-0.05, 0) is 31.6 Å².